The minimum absolute atomic E-state index is 0.0700. The van der Waals surface area contributed by atoms with E-state index in [1.54, 1.807) is 17.5 Å². The van der Waals surface area contributed by atoms with E-state index < -0.39 is 0 Å². The van der Waals surface area contributed by atoms with Crippen LogP contribution in [-0.2, 0) is 13.1 Å². The Morgan fingerprint density at radius 3 is 2.83 bits per heavy atom. The van der Waals surface area contributed by atoms with Gasteiger partial charge in [-0.1, -0.05) is 12.1 Å². The normalized spacial score (nSPS) is 15.2. The first-order chi connectivity index (χ1) is 11.8. The van der Waals surface area contributed by atoms with Crippen LogP contribution in [0.15, 0.2) is 30.5 Å². The summed E-state index contributed by atoms with van der Waals surface area (Å²) in [5.41, 5.74) is 0.984. The molecular weight excluding hydrogens is 340 g/mol. The summed E-state index contributed by atoms with van der Waals surface area (Å²) in [6.07, 6.45) is 4.21. The zero-order chi connectivity index (χ0) is 16.4. The topological polar surface area (TPSA) is 58.1 Å². The summed E-state index contributed by atoms with van der Waals surface area (Å²) >= 11 is 3.10. The summed E-state index contributed by atoms with van der Waals surface area (Å²) in [5.74, 6) is -0.0700. The second-order valence-electron chi connectivity index (χ2n) is 5.86. The SMILES string of the molecule is O=C(NCc1nc2ccccc2s1)c1cnc(CN2CCCC2)s1. The lowest BCUT2D eigenvalue weighted by molar-refractivity contribution is 0.0954. The number of para-hydroxylation sites is 1. The Balaban J connectivity index is 1.36. The van der Waals surface area contributed by atoms with Gasteiger partial charge in [0.2, 0.25) is 0 Å². The van der Waals surface area contributed by atoms with Crippen LogP contribution in [0.25, 0.3) is 10.2 Å². The van der Waals surface area contributed by atoms with E-state index in [1.165, 1.54) is 24.2 Å². The largest absolute Gasteiger partial charge is 0.345 e. The fourth-order valence-corrected chi connectivity index (χ4v) is 4.64. The van der Waals surface area contributed by atoms with Gasteiger partial charge in [0, 0.05) is 0 Å². The van der Waals surface area contributed by atoms with Crippen molar-refractivity contribution in [1.29, 1.82) is 0 Å². The van der Waals surface area contributed by atoms with E-state index in [2.05, 4.69) is 20.2 Å². The van der Waals surface area contributed by atoms with Crippen molar-refractivity contribution in [2.24, 2.45) is 0 Å². The highest BCUT2D eigenvalue weighted by molar-refractivity contribution is 7.18. The van der Waals surface area contributed by atoms with E-state index in [4.69, 9.17) is 0 Å². The van der Waals surface area contributed by atoms with E-state index in [0.29, 0.717) is 11.4 Å². The average Bonchev–Trinajstić information content (AvgIpc) is 3.33. The smallest absolute Gasteiger partial charge is 0.263 e. The highest BCUT2D eigenvalue weighted by Crippen LogP contribution is 2.22. The molecule has 0 aliphatic carbocycles. The maximum Gasteiger partial charge on any atom is 0.263 e. The van der Waals surface area contributed by atoms with Crippen LogP contribution < -0.4 is 5.32 Å². The second kappa shape index (κ2) is 6.96. The van der Waals surface area contributed by atoms with E-state index >= 15 is 0 Å². The van der Waals surface area contributed by atoms with Gasteiger partial charge in [0.05, 0.1) is 29.5 Å². The molecule has 1 saturated heterocycles. The summed E-state index contributed by atoms with van der Waals surface area (Å²) in [5, 5.41) is 4.89. The van der Waals surface area contributed by atoms with E-state index in [9.17, 15) is 4.79 Å². The lowest BCUT2D eigenvalue weighted by atomic mass is 10.3. The highest BCUT2D eigenvalue weighted by atomic mass is 32.1. The van der Waals surface area contributed by atoms with Gasteiger partial charge in [-0.15, -0.1) is 22.7 Å². The highest BCUT2D eigenvalue weighted by Gasteiger charge is 2.16. The first-order valence-corrected chi connectivity index (χ1v) is 9.71. The van der Waals surface area contributed by atoms with Gasteiger partial charge < -0.3 is 5.32 Å². The minimum atomic E-state index is -0.0700. The number of benzene rings is 1. The van der Waals surface area contributed by atoms with Gasteiger partial charge in [0.15, 0.2) is 0 Å². The van der Waals surface area contributed by atoms with Crippen molar-refractivity contribution in [3.63, 3.8) is 0 Å². The molecule has 0 unspecified atom stereocenters. The van der Waals surface area contributed by atoms with Crippen molar-refractivity contribution < 1.29 is 4.79 Å². The Morgan fingerprint density at radius 1 is 1.17 bits per heavy atom. The number of amides is 1. The summed E-state index contributed by atoms with van der Waals surface area (Å²) < 4.78 is 1.15. The predicted octanol–water partition coefficient (Wildman–Crippen LogP) is 3.28. The van der Waals surface area contributed by atoms with Gasteiger partial charge >= 0.3 is 0 Å². The van der Waals surface area contributed by atoms with Crippen LogP contribution in [0.4, 0.5) is 0 Å². The number of hydrogen-bond acceptors (Lipinski definition) is 6. The molecule has 4 rings (SSSR count). The molecule has 1 aliphatic rings. The molecule has 24 heavy (non-hydrogen) atoms. The maximum absolute atomic E-state index is 12.3. The molecule has 1 aliphatic heterocycles. The molecule has 2 aromatic heterocycles. The van der Waals surface area contributed by atoms with Crippen LogP contribution in [0, 0.1) is 0 Å². The molecule has 1 N–H and O–H groups in total. The number of nitrogens with one attached hydrogen (secondary N) is 1. The molecule has 7 heteroatoms. The molecule has 3 heterocycles. The summed E-state index contributed by atoms with van der Waals surface area (Å²) in [6, 6.07) is 8.02. The van der Waals surface area contributed by atoms with E-state index in [0.717, 1.165) is 39.9 Å². The van der Waals surface area contributed by atoms with Crippen LogP contribution in [0.1, 0.15) is 32.5 Å². The van der Waals surface area contributed by atoms with Gasteiger partial charge in [-0.2, -0.15) is 0 Å². The zero-order valence-corrected chi connectivity index (χ0v) is 14.8. The summed E-state index contributed by atoms with van der Waals surface area (Å²) in [6.45, 7) is 3.59. The van der Waals surface area contributed by atoms with E-state index in [1.807, 2.05) is 24.3 Å². The third-order valence-corrected chi connectivity index (χ3v) is 6.09. The van der Waals surface area contributed by atoms with Crippen LogP contribution >= 0.6 is 22.7 Å². The lowest BCUT2D eigenvalue weighted by Gasteiger charge is -2.11. The van der Waals surface area contributed by atoms with Crippen LogP contribution in [0.3, 0.4) is 0 Å². The second-order valence-corrected chi connectivity index (χ2v) is 8.09. The molecule has 1 amide bonds. The Kier molecular flexibility index (Phi) is 4.55. The van der Waals surface area contributed by atoms with Crippen molar-refractivity contribution in [3.05, 3.63) is 45.4 Å². The Bertz CT molecular complexity index is 818. The molecule has 0 bridgehead atoms. The molecule has 0 spiro atoms. The molecule has 0 radical (unpaired) electrons. The van der Waals surface area contributed by atoms with Crippen molar-refractivity contribution in [2.45, 2.75) is 25.9 Å². The third-order valence-electron chi connectivity index (χ3n) is 4.07. The Morgan fingerprint density at radius 2 is 2.00 bits per heavy atom. The summed E-state index contributed by atoms with van der Waals surface area (Å²) in [7, 11) is 0. The third kappa shape index (κ3) is 3.48. The molecule has 1 fully saturated rings. The van der Waals surface area contributed by atoms with Crippen molar-refractivity contribution in [2.75, 3.05) is 13.1 Å². The first-order valence-electron chi connectivity index (χ1n) is 8.08. The van der Waals surface area contributed by atoms with Crippen LogP contribution in [-0.4, -0.2) is 33.9 Å². The molecule has 0 atom stereocenters. The minimum Gasteiger partial charge on any atom is -0.345 e. The predicted molar refractivity (Wildman–Crippen MR) is 97.4 cm³/mol. The maximum atomic E-state index is 12.3. The zero-order valence-electron chi connectivity index (χ0n) is 13.2. The quantitative estimate of drug-likeness (QED) is 0.760. The van der Waals surface area contributed by atoms with Gasteiger partial charge in [-0.3, -0.25) is 9.69 Å². The van der Waals surface area contributed by atoms with Gasteiger partial charge in [0.25, 0.3) is 5.91 Å². The molecule has 3 aromatic rings. The van der Waals surface area contributed by atoms with Crippen LogP contribution in [0.2, 0.25) is 0 Å². The summed E-state index contributed by atoms with van der Waals surface area (Å²) in [4.78, 5) is 24.3. The number of likely N-dealkylation sites (tertiary alicyclic amines) is 1. The number of thiazole rings is 2. The van der Waals surface area contributed by atoms with Gasteiger partial charge in [-0.25, -0.2) is 9.97 Å². The molecule has 124 valence electrons. The van der Waals surface area contributed by atoms with Crippen molar-refractivity contribution in [3.8, 4) is 0 Å². The van der Waals surface area contributed by atoms with Crippen molar-refractivity contribution >= 4 is 38.8 Å². The number of fused-ring (bicyclic) bond motifs is 1. The number of carbonyl (C=O) groups excluding carboxylic acids is 1. The Labute approximate surface area is 148 Å². The average molecular weight is 358 g/mol. The fourth-order valence-electron chi connectivity index (χ4n) is 2.86. The monoisotopic (exact) mass is 358 g/mol. The molecular formula is C17H18N4OS2. The first kappa shape index (κ1) is 15.7. The number of aromatic nitrogens is 2. The van der Waals surface area contributed by atoms with Crippen molar-refractivity contribution in [1.82, 2.24) is 20.2 Å². The van der Waals surface area contributed by atoms with Crippen LogP contribution in [0.5, 0.6) is 0 Å². The van der Waals surface area contributed by atoms with E-state index in [-0.39, 0.29) is 5.91 Å². The molecule has 1 aromatic carbocycles. The number of rotatable bonds is 5. The molecule has 0 saturated carbocycles. The number of hydrogen-bond donors (Lipinski definition) is 1. The standard InChI is InChI=1S/C17H18N4OS2/c22-17(14-9-18-16(24-14)11-21-7-3-4-8-21)19-10-15-20-12-5-1-2-6-13(12)23-15/h1-2,5-6,9H,3-4,7-8,10-11H2,(H,19,22). The van der Waals surface area contributed by atoms with Gasteiger partial charge in [0.1, 0.15) is 14.9 Å². The fraction of sp³-hybridized carbons (Fsp3) is 0.353. The van der Waals surface area contributed by atoms with Gasteiger partial charge in [-0.05, 0) is 38.1 Å². The number of carbonyl (C=O) groups is 1. The number of nitrogens with zero attached hydrogens (tertiary/aromatic N) is 3. The molecule has 5 nitrogen and oxygen atoms in total. The Hall–Kier alpha value is -1.83. The lowest BCUT2D eigenvalue weighted by Crippen LogP contribution is -2.21.